The first-order valence-electron chi connectivity index (χ1n) is 7.12. The first kappa shape index (κ1) is 14.8. The Morgan fingerprint density at radius 3 is 2.43 bits per heavy atom. The van der Waals surface area contributed by atoms with E-state index in [1.165, 1.54) is 0 Å². The smallest absolute Gasteiger partial charge is 0.326 e. The van der Waals surface area contributed by atoms with Crippen LogP contribution in [-0.2, 0) is 11.2 Å². The first-order chi connectivity index (χ1) is 11.1. The fraction of sp³-hybridized carbons (Fsp3) is 0.118. The Labute approximate surface area is 132 Å². The summed E-state index contributed by atoms with van der Waals surface area (Å²) in [5, 5.41) is 6.44. The Morgan fingerprint density at radius 1 is 1.13 bits per heavy atom. The summed E-state index contributed by atoms with van der Waals surface area (Å²) >= 11 is 0. The summed E-state index contributed by atoms with van der Waals surface area (Å²) in [6.07, 6.45) is 0.318. The lowest BCUT2D eigenvalue weighted by Gasteiger charge is -2.06. The van der Waals surface area contributed by atoms with Crippen molar-refractivity contribution < 1.29 is 9.32 Å². The molecule has 6 nitrogen and oxygen atoms in total. The van der Waals surface area contributed by atoms with Gasteiger partial charge in [-0.05, 0) is 36.8 Å². The number of hydrogen-bond donors (Lipinski definition) is 2. The van der Waals surface area contributed by atoms with Crippen molar-refractivity contribution in [2.45, 2.75) is 13.3 Å². The summed E-state index contributed by atoms with van der Waals surface area (Å²) in [5.74, 6) is -0.334. The van der Waals surface area contributed by atoms with Crippen molar-refractivity contribution in [1.29, 1.82) is 0 Å². The molecule has 0 bridgehead atoms. The minimum atomic E-state index is -0.601. The van der Waals surface area contributed by atoms with Gasteiger partial charge >= 0.3 is 5.76 Å². The second kappa shape index (κ2) is 6.31. The van der Waals surface area contributed by atoms with Crippen molar-refractivity contribution in [3.63, 3.8) is 0 Å². The molecule has 1 heterocycles. The van der Waals surface area contributed by atoms with Gasteiger partial charge in [-0.15, -0.1) is 0 Å². The summed E-state index contributed by atoms with van der Waals surface area (Å²) < 4.78 is 4.46. The van der Waals surface area contributed by atoms with E-state index in [1.54, 1.807) is 24.3 Å². The third-order valence-corrected chi connectivity index (χ3v) is 3.37. The third-order valence-electron chi connectivity index (χ3n) is 3.37. The molecule has 0 unspecified atom stereocenters. The van der Waals surface area contributed by atoms with E-state index in [-0.39, 0.29) is 5.91 Å². The molecular weight excluding hydrogens is 294 g/mol. The van der Waals surface area contributed by atoms with Crippen LogP contribution in [0.2, 0.25) is 0 Å². The summed E-state index contributed by atoms with van der Waals surface area (Å²) in [6.45, 7) is 2.01. The highest BCUT2D eigenvalue weighted by Gasteiger charge is 2.06. The van der Waals surface area contributed by atoms with E-state index in [1.807, 2.05) is 31.2 Å². The van der Waals surface area contributed by atoms with E-state index < -0.39 is 5.76 Å². The molecule has 0 aliphatic carbocycles. The van der Waals surface area contributed by atoms with Crippen LogP contribution in [0, 0.1) is 6.92 Å². The van der Waals surface area contributed by atoms with E-state index >= 15 is 0 Å². The lowest BCUT2D eigenvalue weighted by molar-refractivity contribution is -0.115. The van der Waals surface area contributed by atoms with Crippen molar-refractivity contribution in [2.24, 2.45) is 0 Å². The van der Waals surface area contributed by atoms with Gasteiger partial charge in [0.2, 0.25) is 5.91 Å². The van der Waals surface area contributed by atoms with Crippen LogP contribution in [0.4, 0.5) is 5.69 Å². The van der Waals surface area contributed by atoms with Crippen LogP contribution in [0.25, 0.3) is 11.4 Å². The number of hydrogen-bond acceptors (Lipinski definition) is 4. The van der Waals surface area contributed by atoms with Crippen molar-refractivity contribution in [3.05, 3.63) is 70.2 Å². The molecular formula is C17H15N3O3. The predicted octanol–water partition coefficient (Wildman–Crippen LogP) is 2.52. The molecule has 23 heavy (non-hydrogen) atoms. The molecule has 0 radical (unpaired) electrons. The lowest BCUT2D eigenvalue weighted by Crippen LogP contribution is -2.14. The maximum Gasteiger partial charge on any atom is 0.439 e. The van der Waals surface area contributed by atoms with Crippen molar-refractivity contribution in [2.75, 3.05) is 5.32 Å². The Hall–Kier alpha value is -3.15. The Morgan fingerprint density at radius 2 is 1.83 bits per heavy atom. The maximum atomic E-state index is 12.0. The lowest BCUT2D eigenvalue weighted by atomic mass is 10.1. The van der Waals surface area contributed by atoms with Gasteiger partial charge in [0.15, 0.2) is 5.82 Å². The molecule has 0 fully saturated rings. The van der Waals surface area contributed by atoms with Crippen LogP contribution in [0.15, 0.2) is 57.8 Å². The molecule has 1 aromatic heterocycles. The number of nitrogens with zero attached hydrogens (tertiary/aromatic N) is 1. The monoisotopic (exact) mass is 309 g/mol. The maximum absolute atomic E-state index is 12.0. The quantitative estimate of drug-likeness (QED) is 0.775. The zero-order chi connectivity index (χ0) is 16.2. The highest BCUT2D eigenvalue weighted by atomic mass is 16.5. The number of H-pyrrole nitrogens is 1. The van der Waals surface area contributed by atoms with Gasteiger partial charge in [-0.1, -0.05) is 35.0 Å². The molecule has 3 rings (SSSR count). The minimum absolute atomic E-state index is 0.0866. The first-order valence-corrected chi connectivity index (χ1v) is 7.12. The molecule has 0 saturated heterocycles. The van der Waals surface area contributed by atoms with Gasteiger partial charge in [0.1, 0.15) is 0 Å². The fourth-order valence-electron chi connectivity index (χ4n) is 2.16. The highest BCUT2D eigenvalue weighted by Crippen LogP contribution is 2.17. The summed E-state index contributed by atoms with van der Waals surface area (Å²) in [7, 11) is 0. The number of aromatic nitrogens is 2. The molecule has 0 saturated carbocycles. The predicted molar refractivity (Wildman–Crippen MR) is 86.1 cm³/mol. The van der Waals surface area contributed by atoms with Crippen LogP contribution in [0.3, 0.4) is 0 Å². The zero-order valence-corrected chi connectivity index (χ0v) is 12.5. The standard InChI is InChI=1S/C17H15N3O3/c1-11-2-4-12(5-3-11)10-15(21)18-14-8-6-13(7-9-14)16-19-17(22)23-20-16/h2-9H,10H2,1H3,(H,18,21)(H,19,20,22). The van der Waals surface area contributed by atoms with Crippen LogP contribution >= 0.6 is 0 Å². The Balaban J connectivity index is 1.64. The zero-order valence-electron chi connectivity index (χ0n) is 12.5. The minimum Gasteiger partial charge on any atom is -0.326 e. The van der Waals surface area contributed by atoms with E-state index in [9.17, 15) is 9.59 Å². The number of aromatic amines is 1. The van der Waals surface area contributed by atoms with Crippen LogP contribution in [0.1, 0.15) is 11.1 Å². The second-order valence-electron chi connectivity index (χ2n) is 5.23. The molecule has 2 aromatic carbocycles. The number of amides is 1. The third kappa shape index (κ3) is 3.74. The molecule has 1 amide bonds. The molecule has 0 atom stereocenters. The topological polar surface area (TPSA) is 88.0 Å². The van der Waals surface area contributed by atoms with Gasteiger partial charge in [0.05, 0.1) is 6.42 Å². The van der Waals surface area contributed by atoms with Gasteiger partial charge in [0, 0.05) is 11.3 Å². The average molecular weight is 309 g/mol. The average Bonchev–Trinajstić information content (AvgIpc) is 2.97. The van der Waals surface area contributed by atoms with Gasteiger partial charge in [-0.3, -0.25) is 14.3 Å². The molecule has 3 aromatic rings. The normalized spacial score (nSPS) is 10.5. The van der Waals surface area contributed by atoms with Gasteiger partial charge in [0.25, 0.3) is 0 Å². The van der Waals surface area contributed by atoms with E-state index in [4.69, 9.17) is 0 Å². The summed E-state index contributed by atoms with van der Waals surface area (Å²) in [4.78, 5) is 25.4. The molecule has 0 aliphatic rings. The van der Waals surface area contributed by atoms with Gasteiger partial charge < -0.3 is 5.32 Å². The number of carbonyl (C=O) groups is 1. The second-order valence-corrected chi connectivity index (χ2v) is 5.23. The number of aryl methyl sites for hydroxylation is 1. The van der Waals surface area contributed by atoms with Crippen LogP contribution < -0.4 is 11.1 Å². The Kier molecular flexibility index (Phi) is 4.05. The highest BCUT2D eigenvalue weighted by molar-refractivity contribution is 5.92. The van der Waals surface area contributed by atoms with E-state index in [2.05, 4.69) is 20.0 Å². The number of carbonyl (C=O) groups excluding carboxylic acids is 1. The molecule has 116 valence electrons. The fourth-order valence-corrected chi connectivity index (χ4v) is 2.16. The van der Waals surface area contributed by atoms with Gasteiger partial charge in [-0.25, -0.2) is 4.79 Å². The molecule has 2 N–H and O–H groups in total. The van der Waals surface area contributed by atoms with Crippen LogP contribution in [0.5, 0.6) is 0 Å². The molecule has 0 aliphatic heterocycles. The van der Waals surface area contributed by atoms with Crippen molar-refractivity contribution >= 4 is 11.6 Å². The number of nitrogens with one attached hydrogen (secondary N) is 2. The van der Waals surface area contributed by atoms with Crippen LogP contribution in [-0.4, -0.2) is 16.0 Å². The van der Waals surface area contributed by atoms with Crippen molar-refractivity contribution in [3.8, 4) is 11.4 Å². The SMILES string of the molecule is Cc1ccc(CC(=O)Nc2ccc(-c3noc(=O)[nH]3)cc2)cc1. The van der Waals surface area contributed by atoms with E-state index in [0.29, 0.717) is 23.5 Å². The van der Waals surface area contributed by atoms with E-state index in [0.717, 1.165) is 11.1 Å². The number of benzene rings is 2. The molecule has 6 heteroatoms. The number of rotatable bonds is 4. The molecule has 0 spiro atoms. The largest absolute Gasteiger partial charge is 0.439 e. The number of anilines is 1. The van der Waals surface area contributed by atoms with Gasteiger partial charge in [-0.2, -0.15) is 0 Å². The van der Waals surface area contributed by atoms with Crippen molar-refractivity contribution in [1.82, 2.24) is 10.1 Å². The summed E-state index contributed by atoms with van der Waals surface area (Å²) in [6, 6.07) is 14.8. The Bertz CT molecular complexity index is 861. The summed E-state index contributed by atoms with van der Waals surface area (Å²) in [5.41, 5.74) is 3.50.